The Bertz CT molecular complexity index is 1720. The zero-order valence-electron chi connectivity index (χ0n) is 26.5. The number of piperidine rings is 1. The third-order valence-corrected chi connectivity index (χ3v) is 8.46. The van der Waals surface area contributed by atoms with Gasteiger partial charge in [0.2, 0.25) is 5.91 Å². The summed E-state index contributed by atoms with van der Waals surface area (Å²) in [5, 5.41) is 5.75. The average molecular weight is 659 g/mol. The van der Waals surface area contributed by atoms with Crippen molar-refractivity contribution in [2.24, 2.45) is 0 Å². The van der Waals surface area contributed by atoms with Gasteiger partial charge in [-0.2, -0.15) is 0 Å². The maximum absolute atomic E-state index is 13.6. The topological polar surface area (TPSA) is 127 Å². The number of fused-ring (bicyclic) bond motifs is 3. The molecule has 0 radical (unpaired) electrons. The van der Waals surface area contributed by atoms with Crippen molar-refractivity contribution in [1.82, 2.24) is 19.8 Å². The van der Waals surface area contributed by atoms with E-state index in [1.807, 2.05) is 4.90 Å². The average Bonchev–Trinajstić information content (AvgIpc) is 3.44. The summed E-state index contributed by atoms with van der Waals surface area (Å²) in [6, 6.07) is 8.07. The lowest BCUT2D eigenvalue weighted by Gasteiger charge is -2.48. The SMILES string of the molecule is CC(C(=O)Nc1cc(-n2cnc3cc(N4CC[C@@H](NC(=O)OC(C)(C)C)C4)ccc3c2=O)ccc1OC(F)(F)F)N1CC2CC(C1)O2. The molecule has 47 heavy (non-hydrogen) atoms. The molecule has 1 aromatic heterocycles. The molecule has 7 rings (SSSR count). The van der Waals surface area contributed by atoms with Crippen LogP contribution in [0.5, 0.6) is 5.75 Å². The summed E-state index contributed by atoms with van der Waals surface area (Å²) in [6.45, 7) is 9.41. The minimum absolute atomic E-state index is 0.0493. The molecule has 3 unspecified atom stereocenters. The molecule has 4 aliphatic rings. The van der Waals surface area contributed by atoms with Gasteiger partial charge in [0.25, 0.3) is 5.56 Å². The van der Waals surface area contributed by atoms with Crippen molar-refractivity contribution in [3.8, 4) is 11.4 Å². The molecule has 5 heterocycles. The van der Waals surface area contributed by atoms with Gasteiger partial charge in [0, 0.05) is 38.3 Å². The number of nitrogens with zero attached hydrogens (tertiary/aromatic N) is 4. The van der Waals surface area contributed by atoms with Gasteiger partial charge in [-0.1, -0.05) is 0 Å². The highest BCUT2D eigenvalue weighted by Gasteiger charge is 2.41. The van der Waals surface area contributed by atoms with E-state index >= 15 is 0 Å². The first-order valence-corrected chi connectivity index (χ1v) is 15.5. The first kappa shape index (κ1) is 32.6. The number of benzene rings is 2. The molecule has 0 saturated carbocycles. The highest BCUT2D eigenvalue weighted by molar-refractivity contribution is 5.96. The van der Waals surface area contributed by atoms with Crippen LogP contribution in [0.1, 0.15) is 40.5 Å². The molecule has 2 amide bonds. The molecular weight excluding hydrogens is 621 g/mol. The van der Waals surface area contributed by atoms with Crippen LogP contribution in [0.25, 0.3) is 16.6 Å². The minimum Gasteiger partial charge on any atom is -0.444 e. The summed E-state index contributed by atoms with van der Waals surface area (Å²) in [6.07, 6.45) is -2.45. The van der Waals surface area contributed by atoms with Crippen LogP contribution < -0.4 is 25.8 Å². The number of nitrogens with one attached hydrogen (secondary N) is 2. The van der Waals surface area contributed by atoms with Gasteiger partial charge >= 0.3 is 12.5 Å². The Morgan fingerprint density at radius 2 is 1.74 bits per heavy atom. The van der Waals surface area contributed by atoms with E-state index in [0.717, 1.165) is 18.2 Å². The van der Waals surface area contributed by atoms with Gasteiger partial charge < -0.3 is 29.7 Å². The summed E-state index contributed by atoms with van der Waals surface area (Å²) < 4.78 is 56.1. The highest BCUT2D eigenvalue weighted by Crippen LogP contribution is 2.34. The number of halogens is 3. The fourth-order valence-corrected chi connectivity index (χ4v) is 6.16. The standard InChI is InChI=1S/C32H37F3N6O6/c1-18(40-15-22-13-23(16-40)45-22)28(42)38-26-12-21(6-8-27(26)46-32(33,34)35)41-17-36-25-11-20(5-7-24(25)29(41)43)39-10-9-19(14-39)37-30(44)47-31(2,3)4/h5-8,11-12,17-19,22-23H,9-10,13-16H2,1-4H3,(H,37,44)(H,38,42)/t18?,19-,22?,23?/m1/s1. The normalized spacial score (nSPS) is 22.0. The Morgan fingerprint density at radius 3 is 2.43 bits per heavy atom. The van der Waals surface area contributed by atoms with Crippen LogP contribution in [0.15, 0.2) is 47.5 Å². The van der Waals surface area contributed by atoms with Gasteiger partial charge in [-0.3, -0.25) is 19.1 Å². The van der Waals surface area contributed by atoms with Crippen LogP contribution in [0.4, 0.5) is 29.3 Å². The van der Waals surface area contributed by atoms with Crippen molar-refractivity contribution in [1.29, 1.82) is 0 Å². The summed E-state index contributed by atoms with van der Waals surface area (Å²) in [5.74, 6) is -1.12. The Labute approximate surface area is 268 Å². The molecule has 4 saturated heterocycles. The number of morpholine rings is 1. The lowest BCUT2D eigenvalue weighted by Crippen LogP contribution is -2.61. The number of aromatic nitrogens is 2. The van der Waals surface area contributed by atoms with Crippen molar-refractivity contribution >= 4 is 34.3 Å². The van der Waals surface area contributed by atoms with Gasteiger partial charge in [-0.25, -0.2) is 9.78 Å². The zero-order chi connectivity index (χ0) is 33.7. The van der Waals surface area contributed by atoms with E-state index < -0.39 is 41.3 Å². The molecule has 12 nitrogen and oxygen atoms in total. The van der Waals surface area contributed by atoms with Crippen molar-refractivity contribution in [3.05, 3.63) is 53.1 Å². The minimum atomic E-state index is -5.00. The molecule has 4 fully saturated rings. The Kier molecular flexibility index (Phi) is 8.55. The Balaban J connectivity index is 1.21. The van der Waals surface area contributed by atoms with Gasteiger partial charge in [0.1, 0.15) is 11.9 Å². The van der Waals surface area contributed by atoms with Crippen LogP contribution in [0.3, 0.4) is 0 Å². The molecule has 0 spiro atoms. The van der Waals surface area contributed by atoms with Crippen LogP contribution in [-0.4, -0.2) is 88.9 Å². The lowest BCUT2D eigenvalue weighted by molar-refractivity contribution is -0.274. The maximum atomic E-state index is 13.6. The molecular formula is C32H37F3N6O6. The molecule has 2 bridgehead atoms. The van der Waals surface area contributed by atoms with E-state index in [2.05, 4.69) is 25.3 Å². The molecule has 4 aliphatic heterocycles. The molecule has 15 heteroatoms. The third kappa shape index (κ3) is 7.46. The molecule has 252 valence electrons. The summed E-state index contributed by atoms with van der Waals surface area (Å²) in [7, 11) is 0. The smallest absolute Gasteiger partial charge is 0.444 e. The number of hydrogen-bond acceptors (Lipinski definition) is 9. The van der Waals surface area contributed by atoms with Crippen molar-refractivity contribution in [3.63, 3.8) is 0 Å². The van der Waals surface area contributed by atoms with Gasteiger partial charge in [-0.15, -0.1) is 13.2 Å². The van der Waals surface area contributed by atoms with E-state index in [1.54, 1.807) is 45.9 Å². The van der Waals surface area contributed by atoms with E-state index in [-0.39, 0.29) is 29.6 Å². The van der Waals surface area contributed by atoms with E-state index in [9.17, 15) is 27.6 Å². The number of alkyl carbamates (subject to hydrolysis) is 1. The van der Waals surface area contributed by atoms with Gasteiger partial charge in [0.15, 0.2) is 5.75 Å². The zero-order valence-corrected chi connectivity index (χ0v) is 26.5. The van der Waals surface area contributed by atoms with Gasteiger partial charge in [0.05, 0.1) is 46.6 Å². The molecule has 2 N–H and O–H groups in total. The van der Waals surface area contributed by atoms with Crippen LogP contribution in [0.2, 0.25) is 0 Å². The fraction of sp³-hybridized carbons (Fsp3) is 0.500. The van der Waals surface area contributed by atoms with E-state index in [1.165, 1.54) is 23.0 Å². The molecule has 4 atom stereocenters. The number of carbonyl (C=O) groups excluding carboxylic acids is 2. The van der Waals surface area contributed by atoms with Crippen molar-refractivity contribution < 1.29 is 37.0 Å². The molecule has 0 aliphatic carbocycles. The summed E-state index contributed by atoms with van der Waals surface area (Å²) >= 11 is 0. The second kappa shape index (κ2) is 12.3. The predicted molar refractivity (Wildman–Crippen MR) is 167 cm³/mol. The monoisotopic (exact) mass is 658 g/mol. The first-order valence-electron chi connectivity index (χ1n) is 15.5. The maximum Gasteiger partial charge on any atom is 0.573 e. The number of rotatable bonds is 7. The van der Waals surface area contributed by atoms with E-state index in [0.29, 0.717) is 43.5 Å². The largest absolute Gasteiger partial charge is 0.573 e. The lowest BCUT2D eigenvalue weighted by atomic mass is 9.97. The number of amides is 2. The molecule has 2 aromatic carbocycles. The Morgan fingerprint density at radius 1 is 1.04 bits per heavy atom. The van der Waals surface area contributed by atoms with E-state index in [4.69, 9.17) is 9.47 Å². The second-order valence-corrected chi connectivity index (χ2v) is 13.2. The van der Waals surface area contributed by atoms with Crippen LogP contribution in [-0.2, 0) is 14.3 Å². The van der Waals surface area contributed by atoms with Crippen LogP contribution >= 0.6 is 0 Å². The number of hydrogen-bond donors (Lipinski definition) is 2. The third-order valence-electron chi connectivity index (χ3n) is 8.46. The van der Waals surface area contributed by atoms with Crippen LogP contribution in [0, 0.1) is 0 Å². The highest BCUT2D eigenvalue weighted by atomic mass is 19.4. The molecule has 3 aromatic rings. The fourth-order valence-electron chi connectivity index (χ4n) is 6.16. The van der Waals surface area contributed by atoms with Crippen molar-refractivity contribution in [2.75, 3.05) is 36.4 Å². The Hall–Kier alpha value is -4.37. The number of ether oxygens (including phenoxy) is 3. The van der Waals surface area contributed by atoms with Crippen molar-refractivity contribution in [2.45, 2.75) is 76.8 Å². The number of carbonyl (C=O) groups is 2. The number of alkyl halides is 3. The summed E-state index contributed by atoms with van der Waals surface area (Å²) in [4.78, 5) is 47.4. The van der Waals surface area contributed by atoms with Gasteiger partial charge in [-0.05, 0) is 70.5 Å². The number of anilines is 2. The second-order valence-electron chi connectivity index (χ2n) is 13.2. The predicted octanol–water partition coefficient (Wildman–Crippen LogP) is 4.19. The first-order chi connectivity index (χ1) is 22.1. The summed E-state index contributed by atoms with van der Waals surface area (Å²) in [5.41, 5.74) is 0.150. The quantitative estimate of drug-likeness (QED) is 0.384.